The highest BCUT2D eigenvalue weighted by Gasteiger charge is 2.23. The predicted molar refractivity (Wildman–Crippen MR) is 93.1 cm³/mol. The summed E-state index contributed by atoms with van der Waals surface area (Å²) >= 11 is 1.34. The number of hydrogen-bond acceptors (Lipinski definition) is 6. The molecule has 3 rings (SSSR count). The molecule has 1 aromatic heterocycles. The van der Waals surface area contributed by atoms with Crippen LogP contribution in [-0.2, 0) is 16.1 Å². The number of anilines is 1. The Kier molecular flexibility index (Phi) is 5.37. The summed E-state index contributed by atoms with van der Waals surface area (Å²) in [5.74, 6) is 0.448. The smallest absolute Gasteiger partial charge is 0.230 e. The van der Waals surface area contributed by atoms with E-state index < -0.39 is 0 Å². The molecule has 2 N–H and O–H groups in total. The van der Waals surface area contributed by atoms with Crippen LogP contribution in [0.1, 0.15) is 12.5 Å². The maximum absolute atomic E-state index is 11.4. The molecule has 0 aliphatic carbocycles. The molecule has 0 bridgehead atoms. The van der Waals surface area contributed by atoms with Gasteiger partial charge in [-0.05, 0) is 12.5 Å². The van der Waals surface area contributed by atoms with Crippen molar-refractivity contribution in [3.63, 3.8) is 0 Å². The first-order valence-electron chi connectivity index (χ1n) is 7.91. The topological polar surface area (TPSA) is 86.3 Å². The van der Waals surface area contributed by atoms with Crippen LogP contribution < -0.4 is 10.6 Å². The first-order valence-corrected chi connectivity index (χ1v) is 8.79. The summed E-state index contributed by atoms with van der Waals surface area (Å²) in [6.45, 7) is 5.35. The number of amides is 1. The van der Waals surface area contributed by atoms with E-state index in [0.29, 0.717) is 24.9 Å². The van der Waals surface area contributed by atoms with Crippen molar-refractivity contribution in [2.75, 3.05) is 31.2 Å². The second-order valence-electron chi connectivity index (χ2n) is 5.62. The number of morpholine rings is 1. The van der Waals surface area contributed by atoms with Crippen molar-refractivity contribution < 1.29 is 9.53 Å². The molecule has 7 nitrogen and oxygen atoms in total. The number of nitrogens with two attached hydrogens (primary N) is 1. The molecule has 1 aliphatic rings. The number of benzene rings is 1. The maximum Gasteiger partial charge on any atom is 0.230 e. The van der Waals surface area contributed by atoms with E-state index in [1.807, 2.05) is 22.8 Å². The van der Waals surface area contributed by atoms with Crippen molar-refractivity contribution in [1.29, 1.82) is 0 Å². The number of aromatic nitrogens is 3. The number of thioether (sulfide) groups is 1. The van der Waals surface area contributed by atoms with Gasteiger partial charge >= 0.3 is 0 Å². The number of rotatable bonds is 6. The molecule has 0 radical (unpaired) electrons. The van der Waals surface area contributed by atoms with Crippen LogP contribution in [0, 0.1) is 0 Å². The van der Waals surface area contributed by atoms with Gasteiger partial charge in [-0.25, -0.2) is 0 Å². The zero-order chi connectivity index (χ0) is 16.9. The fourth-order valence-corrected chi connectivity index (χ4v) is 3.28. The summed E-state index contributed by atoms with van der Waals surface area (Å²) in [6, 6.07) is 10.1. The van der Waals surface area contributed by atoms with Crippen molar-refractivity contribution >= 4 is 23.6 Å². The molecule has 1 aliphatic heterocycles. The van der Waals surface area contributed by atoms with Crippen molar-refractivity contribution in [2.45, 2.75) is 23.9 Å². The van der Waals surface area contributed by atoms with Crippen molar-refractivity contribution in [3.05, 3.63) is 35.9 Å². The maximum atomic E-state index is 11.4. The number of ether oxygens (including phenoxy) is 1. The molecule has 128 valence electrons. The fourth-order valence-electron chi connectivity index (χ4n) is 2.49. The molecular weight excluding hydrogens is 326 g/mol. The molecule has 1 saturated heterocycles. The van der Waals surface area contributed by atoms with Gasteiger partial charge in [0, 0.05) is 13.1 Å². The van der Waals surface area contributed by atoms with Crippen LogP contribution in [-0.4, -0.2) is 52.2 Å². The largest absolute Gasteiger partial charge is 0.378 e. The first-order chi connectivity index (χ1) is 11.6. The molecule has 24 heavy (non-hydrogen) atoms. The highest BCUT2D eigenvalue weighted by molar-refractivity contribution is 8.00. The normalized spacial score (nSPS) is 16.1. The van der Waals surface area contributed by atoms with Gasteiger partial charge in [0.05, 0.1) is 25.0 Å². The molecule has 2 heterocycles. The van der Waals surface area contributed by atoms with Gasteiger partial charge in [-0.15, -0.1) is 10.2 Å². The first kappa shape index (κ1) is 16.8. The third-order valence-corrected chi connectivity index (χ3v) is 4.96. The molecular formula is C16H21N5O2S. The Bertz CT molecular complexity index is 685. The Balaban J connectivity index is 1.90. The van der Waals surface area contributed by atoms with Gasteiger partial charge in [-0.1, -0.05) is 42.1 Å². The number of hydrogen-bond donors (Lipinski definition) is 1. The SMILES string of the molecule is CC(Sc1nnc(N2CCOCC2)n1Cc1ccccc1)C(N)=O. The summed E-state index contributed by atoms with van der Waals surface area (Å²) in [4.78, 5) is 13.6. The van der Waals surface area contributed by atoms with Crippen LogP contribution in [0.15, 0.2) is 35.5 Å². The molecule has 1 aromatic carbocycles. The highest BCUT2D eigenvalue weighted by atomic mass is 32.2. The second kappa shape index (κ2) is 7.67. The van der Waals surface area contributed by atoms with E-state index in [2.05, 4.69) is 27.2 Å². The van der Waals surface area contributed by atoms with Gasteiger partial charge in [0.1, 0.15) is 0 Å². The molecule has 1 unspecified atom stereocenters. The third-order valence-electron chi connectivity index (χ3n) is 3.86. The minimum absolute atomic E-state index is 0.359. The average Bonchev–Trinajstić information content (AvgIpc) is 2.99. The van der Waals surface area contributed by atoms with Crippen molar-refractivity contribution in [1.82, 2.24) is 14.8 Å². The molecule has 2 aromatic rings. The molecule has 0 spiro atoms. The van der Waals surface area contributed by atoms with Crippen LogP contribution in [0.25, 0.3) is 0 Å². The monoisotopic (exact) mass is 347 g/mol. The Morgan fingerprint density at radius 3 is 2.67 bits per heavy atom. The second-order valence-corrected chi connectivity index (χ2v) is 6.92. The van der Waals surface area contributed by atoms with Crippen LogP contribution >= 0.6 is 11.8 Å². The van der Waals surface area contributed by atoms with E-state index in [4.69, 9.17) is 10.5 Å². The van der Waals surface area contributed by atoms with Gasteiger partial charge < -0.3 is 15.4 Å². The fraction of sp³-hybridized carbons (Fsp3) is 0.438. The highest BCUT2D eigenvalue weighted by Crippen LogP contribution is 2.27. The van der Waals surface area contributed by atoms with Gasteiger partial charge in [0.25, 0.3) is 0 Å². The minimum Gasteiger partial charge on any atom is -0.378 e. The van der Waals surface area contributed by atoms with E-state index in [1.54, 1.807) is 6.92 Å². The van der Waals surface area contributed by atoms with Crippen LogP contribution in [0.5, 0.6) is 0 Å². The number of carbonyl (C=O) groups excluding carboxylic acids is 1. The minimum atomic E-state index is -0.360. The average molecular weight is 347 g/mol. The molecule has 1 amide bonds. The van der Waals surface area contributed by atoms with Gasteiger partial charge in [0.15, 0.2) is 5.16 Å². The molecule has 0 saturated carbocycles. The molecule has 1 fully saturated rings. The summed E-state index contributed by atoms with van der Waals surface area (Å²) in [5.41, 5.74) is 6.55. The Morgan fingerprint density at radius 1 is 1.29 bits per heavy atom. The van der Waals surface area contributed by atoms with E-state index in [-0.39, 0.29) is 11.2 Å². The number of carbonyl (C=O) groups is 1. The van der Waals surface area contributed by atoms with Crippen LogP contribution in [0.2, 0.25) is 0 Å². The standard InChI is InChI=1S/C16H21N5O2S/c1-12(14(17)22)24-16-19-18-15(20-7-9-23-10-8-20)21(16)11-13-5-3-2-4-6-13/h2-6,12H,7-11H2,1H3,(H2,17,22). The number of nitrogens with zero attached hydrogens (tertiary/aromatic N) is 4. The van der Waals surface area contributed by atoms with E-state index in [1.165, 1.54) is 11.8 Å². The molecule has 8 heteroatoms. The third kappa shape index (κ3) is 3.88. The lowest BCUT2D eigenvalue weighted by Gasteiger charge is -2.28. The van der Waals surface area contributed by atoms with Gasteiger partial charge in [-0.3, -0.25) is 9.36 Å². The quantitative estimate of drug-likeness (QED) is 0.789. The zero-order valence-corrected chi connectivity index (χ0v) is 14.4. The van der Waals surface area contributed by atoms with Crippen molar-refractivity contribution in [3.8, 4) is 0 Å². The molecule has 1 atom stereocenters. The Labute approximate surface area is 145 Å². The van der Waals surface area contributed by atoms with E-state index >= 15 is 0 Å². The summed E-state index contributed by atoms with van der Waals surface area (Å²) in [6.07, 6.45) is 0. The Morgan fingerprint density at radius 2 is 2.00 bits per heavy atom. The summed E-state index contributed by atoms with van der Waals surface area (Å²) in [5, 5.41) is 8.99. The lowest BCUT2D eigenvalue weighted by atomic mass is 10.2. The van der Waals surface area contributed by atoms with Crippen LogP contribution in [0.3, 0.4) is 0 Å². The van der Waals surface area contributed by atoms with Crippen molar-refractivity contribution in [2.24, 2.45) is 5.73 Å². The van der Waals surface area contributed by atoms with Crippen LogP contribution in [0.4, 0.5) is 5.95 Å². The lowest BCUT2D eigenvalue weighted by Crippen LogP contribution is -2.38. The zero-order valence-electron chi connectivity index (χ0n) is 13.6. The lowest BCUT2D eigenvalue weighted by molar-refractivity contribution is -0.117. The van der Waals surface area contributed by atoms with E-state index in [9.17, 15) is 4.79 Å². The Hall–Kier alpha value is -2.06. The summed E-state index contributed by atoms with van der Waals surface area (Å²) < 4.78 is 7.46. The van der Waals surface area contributed by atoms with Gasteiger partial charge in [0.2, 0.25) is 11.9 Å². The number of primary amides is 1. The van der Waals surface area contributed by atoms with Gasteiger partial charge in [-0.2, -0.15) is 0 Å². The summed E-state index contributed by atoms with van der Waals surface area (Å²) in [7, 11) is 0. The van der Waals surface area contributed by atoms with E-state index in [0.717, 1.165) is 24.6 Å². The predicted octanol–water partition coefficient (Wildman–Crippen LogP) is 1.13.